The number of rotatable bonds is 5. The average Bonchev–Trinajstić information content (AvgIpc) is 2.52. The van der Waals surface area contributed by atoms with Crippen molar-refractivity contribution in [3.8, 4) is 0 Å². The molecule has 0 atom stereocenters. The molecule has 0 radical (unpaired) electrons. The van der Waals surface area contributed by atoms with Crippen LogP contribution in [-0.4, -0.2) is 19.5 Å². The maximum atomic E-state index is 12.3. The normalized spacial score (nSPS) is 21.9. The SMILES string of the molecule is CCC1CCC(CNC(=O)c2ccc(NC)cc2C)CC1. The van der Waals surface area contributed by atoms with Gasteiger partial charge in [0.15, 0.2) is 0 Å². The van der Waals surface area contributed by atoms with Crippen LogP contribution in [-0.2, 0) is 0 Å². The van der Waals surface area contributed by atoms with Gasteiger partial charge in [0.2, 0.25) is 0 Å². The summed E-state index contributed by atoms with van der Waals surface area (Å²) in [7, 11) is 1.89. The number of aryl methyl sites for hydroxylation is 1. The molecular weight excluding hydrogens is 260 g/mol. The molecule has 2 N–H and O–H groups in total. The van der Waals surface area contributed by atoms with Crippen molar-refractivity contribution in [3.63, 3.8) is 0 Å². The van der Waals surface area contributed by atoms with Crippen LogP contribution in [0.3, 0.4) is 0 Å². The molecule has 3 heteroatoms. The summed E-state index contributed by atoms with van der Waals surface area (Å²) in [6.07, 6.45) is 6.48. The minimum atomic E-state index is 0.0627. The lowest BCUT2D eigenvalue weighted by Gasteiger charge is -2.27. The molecule has 3 nitrogen and oxygen atoms in total. The van der Waals surface area contributed by atoms with E-state index in [1.54, 1.807) is 0 Å². The fraction of sp³-hybridized carbons (Fsp3) is 0.611. The smallest absolute Gasteiger partial charge is 0.251 e. The van der Waals surface area contributed by atoms with Gasteiger partial charge in [0.25, 0.3) is 5.91 Å². The molecule has 116 valence electrons. The van der Waals surface area contributed by atoms with Crippen LogP contribution in [0, 0.1) is 18.8 Å². The summed E-state index contributed by atoms with van der Waals surface area (Å²) in [6.45, 7) is 5.09. The van der Waals surface area contributed by atoms with Crippen molar-refractivity contribution in [2.45, 2.75) is 46.0 Å². The predicted octanol–water partition coefficient (Wildman–Crippen LogP) is 3.98. The van der Waals surface area contributed by atoms with Gasteiger partial charge in [-0.05, 0) is 55.4 Å². The third-order valence-electron chi connectivity index (χ3n) is 4.85. The Kier molecular flexibility index (Phi) is 5.66. The van der Waals surface area contributed by atoms with Crippen LogP contribution in [0.25, 0.3) is 0 Å². The zero-order valence-electron chi connectivity index (χ0n) is 13.5. The molecule has 1 aromatic rings. The number of benzene rings is 1. The molecule has 0 aliphatic heterocycles. The summed E-state index contributed by atoms with van der Waals surface area (Å²) in [4.78, 5) is 12.3. The third-order valence-corrected chi connectivity index (χ3v) is 4.85. The molecule has 1 amide bonds. The third kappa shape index (κ3) is 4.23. The van der Waals surface area contributed by atoms with Crippen LogP contribution < -0.4 is 10.6 Å². The van der Waals surface area contributed by atoms with Crippen molar-refractivity contribution >= 4 is 11.6 Å². The van der Waals surface area contributed by atoms with Crippen LogP contribution in [0.4, 0.5) is 5.69 Å². The molecule has 0 unspecified atom stereocenters. The predicted molar refractivity (Wildman–Crippen MR) is 88.8 cm³/mol. The molecule has 0 aromatic heterocycles. The molecule has 1 aliphatic carbocycles. The van der Waals surface area contributed by atoms with E-state index in [-0.39, 0.29) is 5.91 Å². The monoisotopic (exact) mass is 288 g/mol. The van der Waals surface area contributed by atoms with E-state index in [1.165, 1.54) is 32.1 Å². The van der Waals surface area contributed by atoms with Crippen molar-refractivity contribution in [2.24, 2.45) is 11.8 Å². The number of carbonyl (C=O) groups is 1. The Labute approximate surface area is 128 Å². The lowest BCUT2D eigenvalue weighted by molar-refractivity contribution is 0.0940. The van der Waals surface area contributed by atoms with Crippen molar-refractivity contribution < 1.29 is 4.79 Å². The topological polar surface area (TPSA) is 41.1 Å². The first-order valence-electron chi connectivity index (χ1n) is 8.20. The fourth-order valence-electron chi connectivity index (χ4n) is 3.25. The molecule has 1 aromatic carbocycles. The Morgan fingerprint density at radius 3 is 2.43 bits per heavy atom. The van der Waals surface area contributed by atoms with Crippen molar-refractivity contribution in [3.05, 3.63) is 29.3 Å². The van der Waals surface area contributed by atoms with Gasteiger partial charge < -0.3 is 10.6 Å². The number of hydrogen-bond donors (Lipinski definition) is 2. The van der Waals surface area contributed by atoms with Gasteiger partial charge in [0.1, 0.15) is 0 Å². The number of carbonyl (C=O) groups excluding carboxylic acids is 1. The van der Waals surface area contributed by atoms with Gasteiger partial charge in [0, 0.05) is 24.8 Å². The summed E-state index contributed by atoms with van der Waals surface area (Å²) >= 11 is 0. The summed E-state index contributed by atoms with van der Waals surface area (Å²) < 4.78 is 0. The van der Waals surface area contributed by atoms with Crippen molar-refractivity contribution in [1.82, 2.24) is 5.32 Å². The molecule has 1 aliphatic rings. The molecule has 0 saturated heterocycles. The zero-order valence-corrected chi connectivity index (χ0v) is 13.5. The van der Waals surface area contributed by atoms with E-state index in [9.17, 15) is 4.79 Å². The van der Waals surface area contributed by atoms with E-state index in [2.05, 4.69) is 17.6 Å². The van der Waals surface area contributed by atoms with Crippen LogP contribution >= 0.6 is 0 Å². The highest BCUT2D eigenvalue weighted by Gasteiger charge is 2.20. The minimum Gasteiger partial charge on any atom is -0.388 e. The first kappa shape index (κ1) is 15.9. The molecule has 2 rings (SSSR count). The largest absolute Gasteiger partial charge is 0.388 e. The highest BCUT2D eigenvalue weighted by atomic mass is 16.1. The fourth-order valence-corrected chi connectivity index (χ4v) is 3.25. The number of hydrogen-bond acceptors (Lipinski definition) is 2. The van der Waals surface area contributed by atoms with Gasteiger partial charge >= 0.3 is 0 Å². The van der Waals surface area contributed by atoms with E-state index >= 15 is 0 Å². The van der Waals surface area contributed by atoms with Gasteiger partial charge in [-0.2, -0.15) is 0 Å². The van der Waals surface area contributed by atoms with E-state index in [0.717, 1.165) is 29.3 Å². The van der Waals surface area contributed by atoms with Gasteiger partial charge in [-0.3, -0.25) is 4.79 Å². The molecule has 0 bridgehead atoms. The molecule has 1 saturated carbocycles. The lowest BCUT2D eigenvalue weighted by Crippen LogP contribution is -2.31. The number of amides is 1. The van der Waals surface area contributed by atoms with Crippen LogP contribution in [0.2, 0.25) is 0 Å². The molecule has 0 heterocycles. The van der Waals surface area contributed by atoms with Crippen LogP contribution in [0.5, 0.6) is 0 Å². The van der Waals surface area contributed by atoms with Gasteiger partial charge in [-0.15, -0.1) is 0 Å². The van der Waals surface area contributed by atoms with E-state index in [0.29, 0.717) is 5.92 Å². The van der Waals surface area contributed by atoms with Gasteiger partial charge in [0.05, 0.1) is 0 Å². The maximum Gasteiger partial charge on any atom is 0.251 e. The summed E-state index contributed by atoms with van der Waals surface area (Å²) in [5.74, 6) is 1.63. The molecule has 1 fully saturated rings. The molecular formula is C18H28N2O. The first-order valence-corrected chi connectivity index (χ1v) is 8.20. The Bertz CT molecular complexity index is 476. The highest BCUT2D eigenvalue weighted by molar-refractivity contribution is 5.96. The Hall–Kier alpha value is -1.51. The quantitative estimate of drug-likeness (QED) is 0.860. The van der Waals surface area contributed by atoms with E-state index in [1.807, 2.05) is 32.2 Å². The lowest BCUT2D eigenvalue weighted by atomic mass is 9.81. The van der Waals surface area contributed by atoms with E-state index in [4.69, 9.17) is 0 Å². The van der Waals surface area contributed by atoms with Gasteiger partial charge in [-0.1, -0.05) is 26.2 Å². The summed E-state index contributed by atoms with van der Waals surface area (Å²) in [5.41, 5.74) is 2.85. The number of nitrogens with one attached hydrogen (secondary N) is 2. The Morgan fingerprint density at radius 1 is 1.19 bits per heavy atom. The van der Waals surface area contributed by atoms with Crippen LogP contribution in [0.1, 0.15) is 54.9 Å². The second-order valence-electron chi connectivity index (χ2n) is 6.28. The van der Waals surface area contributed by atoms with E-state index < -0.39 is 0 Å². The molecule has 21 heavy (non-hydrogen) atoms. The Morgan fingerprint density at radius 2 is 1.86 bits per heavy atom. The average molecular weight is 288 g/mol. The highest BCUT2D eigenvalue weighted by Crippen LogP contribution is 2.30. The second kappa shape index (κ2) is 7.48. The summed E-state index contributed by atoms with van der Waals surface area (Å²) in [6, 6.07) is 5.88. The Balaban J connectivity index is 1.85. The number of anilines is 1. The minimum absolute atomic E-state index is 0.0627. The second-order valence-corrected chi connectivity index (χ2v) is 6.28. The van der Waals surface area contributed by atoms with Crippen molar-refractivity contribution in [1.29, 1.82) is 0 Å². The van der Waals surface area contributed by atoms with Crippen molar-refractivity contribution in [2.75, 3.05) is 18.9 Å². The first-order chi connectivity index (χ1) is 10.1. The standard InChI is InChI=1S/C18H28N2O/c1-4-14-5-7-15(8-6-14)12-20-18(21)17-10-9-16(19-3)11-13(17)2/h9-11,14-15,19H,4-8,12H2,1-3H3,(H,20,21). The van der Waals surface area contributed by atoms with Gasteiger partial charge in [-0.25, -0.2) is 0 Å². The van der Waals surface area contributed by atoms with Crippen LogP contribution in [0.15, 0.2) is 18.2 Å². The zero-order chi connectivity index (χ0) is 15.2. The molecule has 0 spiro atoms. The maximum absolute atomic E-state index is 12.3. The summed E-state index contributed by atoms with van der Waals surface area (Å²) in [5, 5.41) is 6.22.